The van der Waals surface area contributed by atoms with Gasteiger partial charge >= 0.3 is 0 Å². The van der Waals surface area contributed by atoms with Crippen molar-refractivity contribution in [1.29, 1.82) is 0 Å². The molecule has 86 valence electrons. The van der Waals surface area contributed by atoms with E-state index in [9.17, 15) is 4.79 Å². The minimum atomic E-state index is 0.00634. The molecule has 4 heteroatoms. The molecular formula is C12H15ClN2O. The molecule has 0 N–H and O–H groups in total. The smallest absolute Gasteiger partial charge is 0.272 e. The standard InChI is InChI=1S/C12H15ClN2O/c1-2-8-15(9-6-7-9)12(16)10-4-3-5-11(13)14-10/h3-5,9H,2,6-8H2,1H3. The second-order valence-corrected chi connectivity index (χ2v) is 4.46. The van der Waals surface area contributed by atoms with E-state index in [4.69, 9.17) is 11.6 Å². The lowest BCUT2D eigenvalue weighted by atomic mass is 10.3. The summed E-state index contributed by atoms with van der Waals surface area (Å²) in [7, 11) is 0. The number of hydrogen-bond acceptors (Lipinski definition) is 2. The summed E-state index contributed by atoms with van der Waals surface area (Å²) in [4.78, 5) is 18.1. The highest BCUT2D eigenvalue weighted by molar-refractivity contribution is 6.29. The van der Waals surface area contributed by atoms with Crippen LogP contribution in [0.4, 0.5) is 0 Å². The van der Waals surface area contributed by atoms with Gasteiger partial charge in [-0.1, -0.05) is 24.6 Å². The first-order valence-electron chi connectivity index (χ1n) is 5.66. The quantitative estimate of drug-likeness (QED) is 0.756. The van der Waals surface area contributed by atoms with Gasteiger partial charge in [-0.05, 0) is 31.4 Å². The van der Waals surface area contributed by atoms with Crippen molar-refractivity contribution in [2.24, 2.45) is 0 Å². The van der Waals surface area contributed by atoms with Crippen LogP contribution >= 0.6 is 11.6 Å². The number of rotatable bonds is 4. The molecule has 0 aliphatic heterocycles. The topological polar surface area (TPSA) is 33.2 Å². The van der Waals surface area contributed by atoms with Crippen LogP contribution in [-0.4, -0.2) is 28.4 Å². The van der Waals surface area contributed by atoms with Crippen LogP contribution in [0, 0.1) is 0 Å². The Kier molecular flexibility index (Phi) is 3.44. The third-order valence-electron chi connectivity index (χ3n) is 2.65. The highest BCUT2D eigenvalue weighted by Crippen LogP contribution is 2.28. The highest BCUT2D eigenvalue weighted by Gasteiger charge is 2.32. The molecule has 0 aromatic carbocycles. The largest absolute Gasteiger partial charge is 0.334 e. The Hall–Kier alpha value is -1.09. The van der Waals surface area contributed by atoms with E-state index in [2.05, 4.69) is 11.9 Å². The Morgan fingerprint density at radius 3 is 2.88 bits per heavy atom. The average Bonchev–Trinajstić information content (AvgIpc) is 3.09. The second kappa shape index (κ2) is 4.83. The van der Waals surface area contributed by atoms with Crippen LogP contribution in [0.15, 0.2) is 18.2 Å². The molecule has 1 aliphatic carbocycles. The summed E-state index contributed by atoms with van der Waals surface area (Å²) in [5, 5.41) is 0.373. The fourth-order valence-electron chi connectivity index (χ4n) is 1.75. The monoisotopic (exact) mass is 238 g/mol. The maximum absolute atomic E-state index is 12.2. The normalized spacial score (nSPS) is 14.9. The van der Waals surface area contributed by atoms with E-state index in [1.807, 2.05) is 4.90 Å². The first-order chi connectivity index (χ1) is 7.72. The van der Waals surface area contributed by atoms with Gasteiger partial charge in [0.15, 0.2) is 0 Å². The molecule has 0 spiro atoms. The molecule has 1 aromatic heterocycles. The summed E-state index contributed by atoms with van der Waals surface area (Å²) >= 11 is 5.78. The van der Waals surface area contributed by atoms with Gasteiger partial charge in [0.2, 0.25) is 0 Å². The van der Waals surface area contributed by atoms with Gasteiger partial charge in [0, 0.05) is 12.6 Å². The third kappa shape index (κ3) is 2.53. The van der Waals surface area contributed by atoms with Gasteiger partial charge in [-0.3, -0.25) is 4.79 Å². The molecule has 3 nitrogen and oxygen atoms in total. The van der Waals surface area contributed by atoms with Gasteiger partial charge in [0.25, 0.3) is 5.91 Å². The van der Waals surface area contributed by atoms with Crippen molar-refractivity contribution >= 4 is 17.5 Å². The van der Waals surface area contributed by atoms with Crippen LogP contribution < -0.4 is 0 Å². The molecule has 2 rings (SSSR count). The lowest BCUT2D eigenvalue weighted by molar-refractivity contribution is 0.0737. The molecule has 0 saturated heterocycles. The zero-order valence-corrected chi connectivity index (χ0v) is 10.1. The summed E-state index contributed by atoms with van der Waals surface area (Å²) in [5.74, 6) is 0.00634. The van der Waals surface area contributed by atoms with Crippen molar-refractivity contribution < 1.29 is 4.79 Å². The van der Waals surface area contributed by atoms with Crippen molar-refractivity contribution in [2.45, 2.75) is 32.2 Å². The molecule has 1 heterocycles. The van der Waals surface area contributed by atoms with Crippen molar-refractivity contribution in [3.63, 3.8) is 0 Å². The van der Waals surface area contributed by atoms with Crippen molar-refractivity contribution in [3.05, 3.63) is 29.0 Å². The van der Waals surface area contributed by atoms with E-state index < -0.39 is 0 Å². The summed E-state index contributed by atoms with van der Waals surface area (Å²) < 4.78 is 0. The maximum atomic E-state index is 12.2. The summed E-state index contributed by atoms with van der Waals surface area (Å²) in [6.07, 6.45) is 3.21. The number of amides is 1. The van der Waals surface area contributed by atoms with E-state index in [0.717, 1.165) is 25.8 Å². The zero-order valence-electron chi connectivity index (χ0n) is 9.32. The van der Waals surface area contributed by atoms with Crippen LogP contribution in [0.25, 0.3) is 0 Å². The van der Waals surface area contributed by atoms with Crippen LogP contribution in [0.5, 0.6) is 0 Å². The molecule has 1 aromatic rings. The summed E-state index contributed by atoms with van der Waals surface area (Å²) in [6.45, 7) is 2.88. The van der Waals surface area contributed by atoms with E-state index in [0.29, 0.717) is 16.9 Å². The lowest BCUT2D eigenvalue weighted by Crippen LogP contribution is -2.34. The SMILES string of the molecule is CCCN(C(=O)c1cccc(Cl)n1)C1CC1. The van der Waals surface area contributed by atoms with Crippen LogP contribution in [0.1, 0.15) is 36.7 Å². The average molecular weight is 239 g/mol. The molecular weight excluding hydrogens is 224 g/mol. The Bertz CT molecular complexity index is 390. The molecule has 1 aliphatic rings. The Morgan fingerprint density at radius 2 is 2.31 bits per heavy atom. The van der Waals surface area contributed by atoms with Crippen molar-refractivity contribution in [1.82, 2.24) is 9.88 Å². The van der Waals surface area contributed by atoms with Gasteiger partial charge in [-0.2, -0.15) is 0 Å². The molecule has 0 bridgehead atoms. The number of halogens is 1. The zero-order chi connectivity index (χ0) is 11.5. The molecule has 16 heavy (non-hydrogen) atoms. The first kappa shape index (κ1) is 11.4. The van der Waals surface area contributed by atoms with E-state index in [1.54, 1.807) is 18.2 Å². The third-order valence-corrected chi connectivity index (χ3v) is 2.86. The number of hydrogen-bond donors (Lipinski definition) is 0. The van der Waals surface area contributed by atoms with Gasteiger partial charge in [0.1, 0.15) is 10.8 Å². The van der Waals surface area contributed by atoms with E-state index >= 15 is 0 Å². The fourth-order valence-corrected chi connectivity index (χ4v) is 1.92. The minimum absolute atomic E-state index is 0.00634. The molecule has 0 atom stereocenters. The summed E-state index contributed by atoms with van der Waals surface area (Å²) in [5.41, 5.74) is 0.452. The lowest BCUT2D eigenvalue weighted by Gasteiger charge is -2.21. The number of pyridine rings is 1. The maximum Gasteiger partial charge on any atom is 0.272 e. The van der Waals surface area contributed by atoms with Gasteiger partial charge in [-0.25, -0.2) is 4.98 Å². The number of carbonyl (C=O) groups is 1. The molecule has 1 saturated carbocycles. The predicted octanol–water partition coefficient (Wildman–Crippen LogP) is 2.75. The first-order valence-corrected chi connectivity index (χ1v) is 6.03. The van der Waals surface area contributed by atoms with Crippen LogP contribution in [-0.2, 0) is 0 Å². The molecule has 1 fully saturated rings. The molecule has 0 radical (unpaired) electrons. The van der Waals surface area contributed by atoms with Gasteiger partial charge in [0.05, 0.1) is 0 Å². The Labute approximate surface area is 100 Å². The number of carbonyl (C=O) groups excluding carboxylic acids is 1. The fraction of sp³-hybridized carbons (Fsp3) is 0.500. The van der Waals surface area contributed by atoms with E-state index in [1.165, 1.54) is 0 Å². The second-order valence-electron chi connectivity index (χ2n) is 4.08. The number of aromatic nitrogens is 1. The van der Waals surface area contributed by atoms with E-state index in [-0.39, 0.29) is 5.91 Å². The van der Waals surface area contributed by atoms with Crippen molar-refractivity contribution in [2.75, 3.05) is 6.54 Å². The number of nitrogens with zero attached hydrogens (tertiary/aromatic N) is 2. The van der Waals surface area contributed by atoms with Gasteiger partial charge < -0.3 is 4.90 Å². The van der Waals surface area contributed by atoms with Crippen LogP contribution in [0.2, 0.25) is 5.15 Å². The van der Waals surface area contributed by atoms with Crippen molar-refractivity contribution in [3.8, 4) is 0 Å². The predicted molar refractivity (Wildman–Crippen MR) is 63.6 cm³/mol. The Balaban J connectivity index is 2.15. The minimum Gasteiger partial charge on any atom is -0.334 e. The highest BCUT2D eigenvalue weighted by atomic mass is 35.5. The van der Waals surface area contributed by atoms with Gasteiger partial charge in [-0.15, -0.1) is 0 Å². The Morgan fingerprint density at radius 1 is 1.56 bits per heavy atom. The van der Waals surface area contributed by atoms with Crippen LogP contribution in [0.3, 0.4) is 0 Å². The summed E-state index contributed by atoms with van der Waals surface area (Å²) in [6, 6.07) is 5.59. The molecule has 1 amide bonds. The molecule has 0 unspecified atom stereocenters.